The number of ketones is 1. The van der Waals surface area contributed by atoms with Crippen LogP contribution in [0.1, 0.15) is 48.0 Å². The number of likely N-dealkylation sites (tertiary alicyclic amines) is 1. The van der Waals surface area contributed by atoms with Crippen molar-refractivity contribution in [2.24, 2.45) is 0 Å². The van der Waals surface area contributed by atoms with Crippen LogP contribution in [0, 0.1) is 0 Å². The molecule has 2 aliphatic heterocycles. The maximum Gasteiger partial charge on any atom is 0.265 e. The molecule has 2 aromatic rings. The highest BCUT2D eigenvalue weighted by Gasteiger charge is 2.51. The maximum atomic E-state index is 13.5. The van der Waals surface area contributed by atoms with Crippen molar-refractivity contribution < 1.29 is 24.2 Å². The van der Waals surface area contributed by atoms with Crippen molar-refractivity contribution in [1.29, 1.82) is 0 Å². The highest BCUT2D eigenvalue weighted by Crippen LogP contribution is 2.43. The molecular weight excluding hydrogens is 408 g/mol. The van der Waals surface area contributed by atoms with E-state index in [2.05, 4.69) is 4.90 Å². The van der Waals surface area contributed by atoms with E-state index in [4.69, 9.17) is 9.47 Å². The van der Waals surface area contributed by atoms with Gasteiger partial charge in [-0.1, -0.05) is 31.0 Å². The number of anilines is 1. The summed E-state index contributed by atoms with van der Waals surface area (Å²) < 4.78 is 10.5. The number of carbonyl (C=O) groups is 2. The second-order valence-electron chi connectivity index (χ2n) is 8.45. The molecule has 0 radical (unpaired) electrons. The number of hydrogen-bond donors (Lipinski definition) is 1. The van der Waals surface area contributed by atoms with Crippen LogP contribution in [-0.2, 0) is 10.4 Å². The highest BCUT2D eigenvalue weighted by molar-refractivity contribution is 6.11. The topological polar surface area (TPSA) is 79.3 Å². The summed E-state index contributed by atoms with van der Waals surface area (Å²) in [6, 6.07) is 12.1. The van der Waals surface area contributed by atoms with Gasteiger partial charge in [0, 0.05) is 11.6 Å². The van der Waals surface area contributed by atoms with Gasteiger partial charge < -0.3 is 14.6 Å². The van der Waals surface area contributed by atoms with Gasteiger partial charge in [0.1, 0.15) is 11.5 Å². The van der Waals surface area contributed by atoms with Gasteiger partial charge in [-0.2, -0.15) is 0 Å². The van der Waals surface area contributed by atoms with Crippen LogP contribution in [0.5, 0.6) is 11.5 Å². The molecule has 2 aliphatic rings. The highest BCUT2D eigenvalue weighted by atomic mass is 16.5. The summed E-state index contributed by atoms with van der Waals surface area (Å²) in [5.41, 5.74) is -0.470. The third-order valence-corrected chi connectivity index (χ3v) is 6.40. The Balaban J connectivity index is 1.62. The number of fused-ring (bicyclic) bond motifs is 1. The number of para-hydroxylation sites is 1. The number of nitrogens with zero attached hydrogens (tertiary/aromatic N) is 2. The van der Waals surface area contributed by atoms with Crippen LogP contribution in [0.15, 0.2) is 42.5 Å². The van der Waals surface area contributed by atoms with Gasteiger partial charge in [-0.05, 0) is 44.1 Å². The van der Waals surface area contributed by atoms with Gasteiger partial charge >= 0.3 is 0 Å². The molecule has 0 aromatic heterocycles. The van der Waals surface area contributed by atoms with E-state index in [0.29, 0.717) is 35.0 Å². The molecule has 1 fully saturated rings. The summed E-state index contributed by atoms with van der Waals surface area (Å²) in [6.45, 7) is 2.26. The minimum atomic E-state index is -1.91. The number of Topliss-reactive ketones (excluding diaryl/α,β-unsaturated/α-hetero) is 1. The molecule has 2 heterocycles. The lowest BCUT2D eigenvalue weighted by atomic mass is 9.88. The summed E-state index contributed by atoms with van der Waals surface area (Å²) in [7, 11) is 3.01. The second-order valence-corrected chi connectivity index (χ2v) is 8.45. The fraction of sp³-hybridized carbons (Fsp3) is 0.440. The van der Waals surface area contributed by atoms with Gasteiger partial charge in [0.25, 0.3) is 5.91 Å². The Morgan fingerprint density at radius 2 is 1.75 bits per heavy atom. The number of hydrogen-bond acceptors (Lipinski definition) is 6. The lowest BCUT2D eigenvalue weighted by Gasteiger charge is -2.28. The summed E-state index contributed by atoms with van der Waals surface area (Å²) >= 11 is 0. The van der Waals surface area contributed by atoms with E-state index in [1.165, 1.54) is 27.1 Å². The van der Waals surface area contributed by atoms with Crippen molar-refractivity contribution in [2.75, 3.05) is 38.9 Å². The monoisotopic (exact) mass is 438 g/mol. The predicted octanol–water partition coefficient (Wildman–Crippen LogP) is 3.34. The van der Waals surface area contributed by atoms with Gasteiger partial charge in [0.2, 0.25) is 0 Å². The third kappa shape index (κ3) is 4.10. The Kier molecular flexibility index (Phi) is 6.48. The number of rotatable bonds is 7. The smallest absolute Gasteiger partial charge is 0.265 e. The predicted molar refractivity (Wildman–Crippen MR) is 121 cm³/mol. The molecule has 1 amide bonds. The quantitative estimate of drug-likeness (QED) is 0.668. The van der Waals surface area contributed by atoms with E-state index in [0.717, 1.165) is 25.9 Å². The third-order valence-electron chi connectivity index (χ3n) is 6.40. The van der Waals surface area contributed by atoms with Crippen molar-refractivity contribution in [2.45, 2.75) is 37.7 Å². The average Bonchev–Trinajstić information content (AvgIpc) is 2.99. The second kappa shape index (κ2) is 9.30. The van der Waals surface area contributed by atoms with Gasteiger partial charge in [-0.25, -0.2) is 0 Å². The maximum absolute atomic E-state index is 13.5. The van der Waals surface area contributed by atoms with E-state index >= 15 is 0 Å². The minimum Gasteiger partial charge on any atom is -0.497 e. The number of carbonyl (C=O) groups excluding carboxylic acids is 2. The number of aliphatic hydroxyl groups is 1. The lowest BCUT2D eigenvalue weighted by molar-refractivity contribution is -0.136. The van der Waals surface area contributed by atoms with Gasteiger partial charge in [-0.15, -0.1) is 0 Å². The van der Waals surface area contributed by atoms with Crippen LogP contribution < -0.4 is 14.4 Å². The molecule has 1 atom stereocenters. The molecule has 1 N–H and O–H groups in total. The first kappa shape index (κ1) is 22.3. The van der Waals surface area contributed by atoms with Crippen molar-refractivity contribution in [3.05, 3.63) is 53.6 Å². The van der Waals surface area contributed by atoms with E-state index in [1.54, 1.807) is 35.2 Å². The zero-order valence-corrected chi connectivity index (χ0v) is 18.7. The number of benzene rings is 2. The Morgan fingerprint density at radius 3 is 2.44 bits per heavy atom. The van der Waals surface area contributed by atoms with Crippen LogP contribution in [-0.4, -0.2) is 55.7 Å². The van der Waals surface area contributed by atoms with E-state index < -0.39 is 11.5 Å². The van der Waals surface area contributed by atoms with Crippen molar-refractivity contribution >= 4 is 17.4 Å². The summed E-state index contributed by atoms with van der Waals surface area (Å²) in [5.74, 6) is 0.0803. The molecule has 7 heteroatoms. The van der Waals surface area contributed by atoms with Crippen LogP contribution in [0.25, 0.3) is 0 Å². The largest absolute Gasteiger partial charge is 0.497 e. The van der Waals surface area contributed by atoms with Crippen LogP contribution >= 0.6 is 0 Å². The first-order valence-corrected chi connectivity index (χ1v) is 11.1. The minimum absolute atomic E-state index is 0.304. The fourth-order valence-corrected chi connectivity index (χ4v) is 4.65. The number of amides is 1. The lowest BCUT2D eigenvalue weighted by Crippen LogP contribution is -2.46. The summed E-state index contributed by atoms with van der Waals surface area (Å²) in [6.07, 6.45) is 4.24. The molecule has 170 valence electrons. The van der Waals surface area contributed by atoms with Crippen LogP contribution in [0.2, 0.25) is 0 Å². The average molecular weight is 439 g/mol. The van der Waals surface area contributed by atoms with E-state index in [1.807, 2.05) is 12.1 Å². The number of methoxy groups -OCH3 is 2. The first-order chi connectivity index (χ1) is 15.5. The standard InChI is InChI=1S/C25H30N2O5/c1-31-18-11-12-19(23(15-18)32-2)22(28)16-25(30)20-9-5-6-10-21(20)27(24(25)29)17-26-13-7-3-4-8-14-26/h5-6,9-12,15,30H,3-4,7-8,13-14,16-17H2,1-2H3. The van der Waals surface area contributed by atoms with Crippen LogP contribution in [0.3, 0.4) is 0 Å². The number of ether oxygens (including phenoxy) is 2. The molecule has 0 aliphatic carbocycles. The van der Waals surface area contributed by atoms with Crippen LogP contribution in [0.4, 0.5) is 5.69 Å². The Bertz CT molecular complexity index is 1000. The zero-order valence-electron chi connectivity index (χ0n) is 18.7. The molecule has 2 aromatic carbocycles. The molecular formula is C25H30N2O5. The zero-order chi connectivity index (χ0) is 22.7. The molecule has 0 saturated carbocycles. The molecule has 32 heavy (non-hydrogen) atoms. The normalized spacial score (nSPS) is 21.2. The van der Waals surface area contributed by atoms with Crippen molar-refractivity contribution in [1.82, 2.24) is 4.90 Å². The van der Waals surface area contributed by atoms with Crippen molar-refractivity contribution in [3.63, 3.8) is 0 Å². The Hall–Kier alpha value is -2.90. The fourth-order valence-electron chi connectivity index (χ4n) is 4.65. The molecule has 1 unspecified atom stereocenters. The first-order valence-electron chi connectivity index (χ1n) is 11.1. The van der Waals surface area contributed by atoms with Crippen molar-refractivity contribution in [3.8, 4) is 11.5 Å². The molecule has 1 saturated heterocycles. The molecule has 0 spiro atoms. The Morgan fingerprint density at radius 1 is 1.03 bits per heavy atom. The summed E-state index contributed by atoms with van der Waals surface area (Å²) in [5, 5.41) is 11.6. The SMILES string of the molecule is COc1ccc(C(=O)CC2(O)C(=O)N(CN3CCCCCC3)c3ccccc32)c(OC)c1. The Labute approximate surface area is 188 Å². The molecule has 7 nitrogen and oxygen atoms in total. The van der Waals surface area contributed by atoms with E-state index in [-0.39, 0.29) is 12.2 Å². The molecule has 4 rings (SSSR count). The van der Waals surface area contributed by atoms with Gasteiger partial charge in [0.15, 0.2) is 11.4 Å². The van der Waals surface area contributed by atoms with E-state index in [9.17, 15) is 14.7 Å². The summed E-state index contributed by atoms with van der Waals surface area (Å²) in [4.78, 5) is 30.6. The molecule has 0 bridgehead atoms. The van der Waals surface area contributed by atoms with Gasteiger partial charge in [-0.3, -0.25) is 19.4 Å². The van der Waals surface area contributed by atoms with Gasteiger partial charge in [0.05, 0.1) is 38.6 Å².